The lowest BCUT2D eigenvalue weighted by atomic mass is 10.00. The highest BCUT2D eigenvalue weighted by atomic mass is 79.9. The van der Waals surface area contributed by atoms with E-state index in [-0.39, 0.29) is 11.9 Å². The third-order valence-electron chi connectivity index (χ3n) is 4.12. The average Bonchev–Trinajstić information content (AvgIpc) is 2.72. The van der Waals surface area contributed by atoms with Gasteiger partial charge < -0.3 is 4.90 Å². The largest absolute Gasteiger partial charge is 0.309 e. The molecule has 1 amide bonds. The maximum absolute atomic E-state index is 12.1. The second-order valence-electron chi connectivity index (χ2n) is 6.56. The molecule has 116 valence electrons. The van der Waals surface area contributed by atoms with E-state index in [4.69, 9.17) is 0 Å². The van der Waals surface area contributed by atoms with Gasteiger partial charge in [-0.15, -0.1) is 0 Å². The maximum Gasteiger partial charge on any atom is 0.226 e. The van der Waals surface area contributed by atoms with E-state index < -0.39 is 0 Å². The van der Waals surface area contributed by atoms with Gasteiger partial charge in [-0.3, -0.25) is 4.79 Å². The molecule has 21 heavy (non-hydrogen) atoms. The maximum atomic E-state index is 12.1. The van der Waals surface area contributed by atoms with Gasteiger partial charge in [0, 0.05) is 23.0 Å². The molecule has 0 saturated carbocycles. The van der Waals surface area contributed by atoms with Gasteiger partial charge in [-0.05, 0) is 49.3 Å². The van der Waals surface area contributed by atoms with Gasteiger partial charge in [-0.25, -0.2) is 0 Å². The molecule has 0 aliphatic carbocycles. The number of fused-ring (bicyclic) bond motifs is 1. The van der Waals surface area contributed by atoms with Crippen LogP contribution in [0, 0.1) is 5.92 Å². The minimum absolute atomic E-state index is 0.229. The van der Waals surface area contributed by atoms with Gasteiger partial charge in [0.25, 0.3) is 0 Å². The van der Waals surface area contributed by atoms with Crippen molar-refractivity contribution in [3.8, 4) is 0 Å². The number of benzene rings is 1. The molecule has 3 heteroatoms. The first kappa shape index (κ1) is 16.5. The first-order valence-electron chi connectivity index (χ1n) is 8.00. The minimum atomic E-state index is 0.229. The number of carbonyl (C=O) groups excluding carboxylic acids is 1. The highest BCUT2D eigenvalue weighted by Crippen LogP contribution is 2.34. The summed E-state index contributed by atoms with van der Waals surface area (Å²) in [5, 5.41) is 0. The second-order valence-corrected chi connectivity index (χ2v) is 7.86. The first-order chi connectivity index (χ1) is 9.92. The topological polar surface area (TPSA) is 20.3 Å². The van der Waals surface area contributed by atoms with Crippen molar-refractivity contribution in [3.05, 3.63) is 29.3 Å². The molecule has 0 bridgehead atoms. The summed E-state index contributed by atoms with van der Waals surface area (Å²) in [5.74, 6) is 0.939. The van der Waals surface area contributed by atoms with Crippen molar-refractivity contribution in [2.75, 3.05) is 4.90 Å². The molecule has 1 heterocycles. The molecule has 1 aliphatic rings. The summed E-state index contributed by atoms with van der Waals surface area (Å²) in [4.78, 5) is 14.6. The van der Waals surface area contributed by atoms with Gasteiger partial charge in [0.05, 0.1) is 0 Å². The van der Waals surface area contributed by atoms with Crippen LogP contribution < -0.4 is 4.90 Å². The fourth-order valence-electron chi connectivity index (χ4n) is 3.21. The molecule has 2 rings (SSSR count). The smallest absolute Gasteiger partial charge is 0.226 e. The van der Waals surface area contributed by atoms with Crippen LogP contribution in [0.4, 0.5) is 5.69 Å². The van der Waals surface area contributed by atoms with Gasteiger partial charge in [0.1, 0.15) is 0 Å². The van der Waals surface area contributed by atoms with E-state index >= 15 is 0 Å². The molecule has 2 atom stereocenters. The zero-order chi connectivity index (χ0) is 15.6. The highest BCUT2D eigenvalue weighted by molar-refractivity contribution is 9.09. The zero-order valence-corrected chi connectivity index (χ0v) is 15.1. The summed E-state index contributed by atoms with van der Waals surface area (Å²) in [6.07, 6.45) is 3.80. The van der Waals surface area contributed by atoms with E-state index in [9.17, 15) is 4.79 Å². The Kier molecular flexibility index (Phi) is 5.48. The molecular formula is C18H26BrNO. The van der Waals surface area contributed by atoms with Crippen LogP contribution in [0.25, 0.3) is 0 Å². The molecule has 1 aliphatic heterocycles. The Hall–Kier alpha value is -0.830. The zero-order valence-electron chi connectivity index (χ0n) is 13.5. The van der Waals surface area contributed by atoms with E-state index in [1.807, 2.05) is 11.8 Å². The predicted octanol–water partition coefficient (Wildman–Crippen LogP) is 4.73. The van der Waals surface area contributed by atoms with Crippen LogP contribution in [0.3, 0.4) is 0 Å². The lowest BCUT2D eigenvalue weighted by Gasteiger charge is -2.22. The fraction of sp³-hybridized carbons (Fsp3) is 0.611. The third-order valence-corrected chi connectivity index (χ3v) is 4.81. The standard InChI is InChI=1S/C18H26BrNO/c1-5-18(21)20-13(4)9-15-10-14(6-7-17(15)20)11-16(19)8-12(2)3/h6-7,10,12-13,16H,5,8-9,11H2,1-4H3. The summed E-state index contributed by atoms with van der Waals surface area (Å²) in [7, 11) is 0. The summed E-state index contributed by atoms with van der Waals surface area (Å²) in [6.45, 7) is 8.59. The predicted molar refractivity (Wildman–Crippen MR) is 93.3 cm³/mol. The minimum Gasteiger partial charge on any atom is -0.309 e. The van der Waals surface area contributed by atoms with Crippen LogP contribution in [0.1, 0.15) is 51.7 Å². The number of anilines is 1. The van der Waals surface area contributed by atoms with Crippen LogP contribution in [-0.2, 0) is 17.6 Å². The summed E-state index contributed by atoms with van der Waals surface area (Å²) < 4.78 is 0. The van der Waals surface area contributed by atoms with Crippen molar-refractivity contribution in [2.45, 2.75) is 64.2 Å². The number of carbonyl (C=O) groups is 1. The van der Waals surface area contributed by atoms with Crippen molar-refractivity contribution >= 4 is 27.5 Å². The van der Waals surface area contributed by atoms with Crippen molar-refractivity contribution in [1.29, 1.82) is 0 Å². The number of amides is 1. The molecule has 0 radical (unpaired) electrons. The molecule has 0 aromatic heterocycles. The van der Waals surface area contributed by atoms with Crippen molar-refractivity contribution < 1.29 is 4.79 Å². The monoisotopic (exact) mass is 351 g/mol. The number of hydrogen-bond acceptors (Lipinski definition) is 1. The Morgan fingerprint density at radius 1 is 1.43 bits per heavy atom. The van der Waals surface area contributed by atoms with Gasteiger partial charge in [-0.2, -0.15) is 0 Å². The third kappa shape index (κ3) is 3.88. The molecule has 2 unspecified atom stereocenters. The average molecular weight is 352 g/mol. The molecule has 1 aromatic carbocycles. The Labute approximate surface area is 137 Å². The van der Waals surface area contributed by atoms with Crippen LogP contribution in [-0.4, -0.2) is 16.8 Å². The van der Waals surface area contributed by atoms with Crippen molar-refractivity contribution in [3.63, 3.8) is 0 Å². The van der Waals surface area contributed by atoms with Crippen LogP contribution >= 0.6 is 15.9 Å². The Morgan fingerprint density at radius 3 is 2.76 bits per heavy atom. The van der Waals surface area contributed by atoms with Gasteiger partial charge in [-0.1, -0.05) is 48.8 Å². The highest BCUT2D eigenvalue weighted by Gasteiger charge is 2.30. The Balaban J connectivity index is 2.14. The molecule has 0 N–H and O–H groups in total. The first-order valence-corrected chi connectivity index (χ1v) is 8.91. The lowest BCUT2D eigenvalue weighted by molar-refractivity contribution is -0.118. The normalized spacial score (nSPS) is 19.0. The van der Waals surface area contributed by atoms with Crippen LogP contribution in [0.5, 0.6) is 0 Å². The number of nitrogens with zero attached hydrogens (tertiary/aromatic N) is 1. The van der Waals surface area contributed by atoms with E-state index in [0.29, 0.717) is 17.2 Å². The second kappa shape index (κ2) is 6.95. The van der Waals surface area contributed by atoms with Gasteiger partial charge >= 0.3 is 0 Å². The molecule has 0 fully saturated rings. The van der Waals surface area contributed by atoms with E-state index in [0.717, 1.165) is 18.5 Å². The van der Waals surface area contributed by atoms with E-state index in [1.165, 1.54) is 17.5 Å². The van der Waals surface area contributed by atoms with E-state index in [1.54, 1.807) is 0 Å². The number of rotatable bonds is 5. The fourth-order valence-corrected chi connectivity index (χ4v) is 4.33. The molecular weight excluding hydrogens is 326 g/mol. The van der Waals surface area contributed by atoms with Crippen molar-refractivity contribution in [2.24, 2.45) is 5.92 Å². The quantitative estimate of drug-likeness (QED) is 0.702. The summed E-state index contributed by atoms with van der Waals surface area (Å²) in [5.41, 5.74) is 3.81. The number of halogens is 1. The summed E-state index contributed by atoms with van der Waals surface area (Å²) >= 11 is 3.79. The Bertz CT molecular complexity index is 512. The number of hydrogen-bond donors (Lipinski definition) is 0. The lowest BCUT2D eigenvalue weighted by Crippen LogP contribution is -2.35. The molecule has 0 spiro atoms. The van der Waals surface area contributed by atoms with E-state index in [2.05, 4.69) is 54.9 Å². The molecule has 0 saturated heterocycles. The molecule has 2 nitrogen and oxygen atoms in total. The molecule has 1 aromatic rings. The van der Waals surface area contributed by atoms with Gasteiger partial charge in [0.15, 0.2) is 0 Å². The van der Waals surface area contributed by atoms with Gasteiger partial charge in [0.2, 0.25) is 5.91 Å². The summed E-state index contributed by atoms with van der Waals surface area (Å²) in [6, 6.07) is 6.90. The van der Waals surface area contributed by atoms with Crippen molar-refractivity contribution in [1.82, 2.24) is 0 Å². The van der Waals surface area contributed by atoms with Crippen LogP contribution in [0.2, 0.25) is 0 Å². The number of alkyl halides is 1. The van der Waals surface area contributed by atoms with Crippen LogP contribution in [0.15, 0.2) is 18.2 Å². The SMILES string of the molecule is CCC(=O)N1c2ccc(CC(Br)CC(C)C)cc2CC1C. The Morgan fingerprint density at radius 2 is 2.14 bits per heavy atom.